The lowest BCUT2D eigenvalue weighted by molar-refractivity contribution is -0.118. The van der Waals surface area contributed by atoms with Gasteiger partial charge in [-0.3, -0.25) is 4.79 Å². The van der Waals surface area contributed by atoms with Gasteiger partial charge in [0.1, 0.15) is 10.6 Å². The molecular formula is C14H19N5OS. The lowest BCUT2D eigenvalue weighted by Crippen LogP contribution is -2.46. The van der Waals surface area contributed by atoms with E-state index < -0.39 is 0 Å². The van der Waals surface area contributed by atoms with E-state index in [1.165, 1.54) is 5.56 Å². The minimum Gasteiger partial charge on any atom is -0.362 e. The second kappa shape index (κ2) is 5.48. The highest BCUT2D eigenvalue weighted by Crippen LogP contribution is 2.32. The first-order valence-corrected chi connectivity index (χ1v) is 7.85. The van der Waals surface area contributed by atoms with E-state index in [0.717, 1.165) is 54.6 Å². The van der Waals surface area contributed by atoms with E-state index in [0.29, 0.717) is 0 Å². The number of hydrogen-bond acceptors (Lipinski definition) is 6. The van der Waals surface area contributed by atoms with E-state index in [1.54, 1.807) is 16.2 Å². The van der Waals surface area contributed by atoms with Crippen molar-refractivity contribution in [2.75, 3.05) is 50.1 Å². The first kappa shape index (κ1) is 14.1. The summed E-state index contributed by atoms with van der Waals surface area (Å²) in [5, 5.41) is 3.26. The Hall–Kier alpha value is -1.89. The van der Waals surface area contributed by atoms with Gasteiger partial charge in [-0.2, -0.15) is 4.98 Å². The lowest BCUT2D eigenvalue weighted by atomic mass is 10.2. The number of piperazine rings is 1. The zero-order valence-corrected chi connectivity index (χ0v) is 13.4. The van der Waals surface area contributed by atoms with Crippen LogP contribution >= 0.6 is 11.3 Å². The first-order valence-electron chi connectivity index (χ1n) is 6.97. The fourth-order valence-corrected chi connectivity index (χ4v) is 3.45. The van der Waals surface area contributed by atoms with Crippen molar-refractivity contribution in [3.8, 4) is 0 Å². The monoisotopic (exact) mass is 305 g/mol. The predicted molar refractivity (Wildman–Crippen MR) is 86.3 cm³/mol. The van der Waals surface area contributed by atoms with Crippen LogP contribution in [0.2, 0.25) is 0 Å². The lowest BCUT2D eigenvalue weighted by Gasteiger charge is -2.32. The number of carbonyl (C=O) groups is 1. The number of carbonyl (C=O) groups excluding carboxylic acids is 1. The number of amides is 1. The maximum Gasteiger partial charge on any atom is 0.228 e. The Morgan fingerprint density at radius 1 is 1.24 bits per heavy atom. The van der Waals surface area contributed by atoms with Crippen LogP contribution in [-0.4, -0.2) is 61.6 Å². The molecule has 0 radical (unpaired) electrons. The average molecular weight is 305 g/mol. The summed E-state index contributed by atoms with van der Waals surface area (Å²) in [4.78, 5) is 27.3. The summed E-state index contributed by atoms with van der Waals surface area (Å²) in [6.07, 6.45) is 0.912. The third-order valence-electron chi connectivity index (χ3n) is 3.76. The number of aryl methyl sites for hydroxylation is 1. The molecular weight excluding hydrogens is 286 g/mol. The highest BCUT2D eigenvalue weighted by atomic mass is 32.1. The molecule has 0 N–H and O–H groups in total. The van der Waals surface area contributed by atoms with Crippen LogP contribution in [0.3, 0.4) is 0 Å². The van der Waals surface area contributed by atoms with Crippen LogP contribution in [0.4, 0.5) is 11.8 Å². The Morgan fingerprint density at radius 3 is 2.57 bits per heavy atom. The van der Waals surface area contributed by atoms with Crippen LogP contribution < -0.4 is 9.80 Å². The second-order valence-electron chi connectivity index (χ2n) is 5.47. The normalized spacial score (nSPS) is 15.6. The number of rotatable bonds is 3. The van der Waals surface area contributed by atoms with Crippen molar-refractivity contribution < 1.29 is 4.79 Å². The summed E-state index contributed by atoms with van der Waals surface area (Å²) in [7, 11) is 4.01. The van der Waals surface area contributed by atoms with Crippen LogP contribution in [0.1, 0.15) is 5.56 Å². The maximum atomic E-state index is 10.8. The van der Waals surface area contributed by atoms with Crippen LogP contribution in [0.25, 0.3) is 10.2 Å². The third-order valence-corrected chi connectivity index (χ3v) is 4.75. The van der Waals surface area contributed by atoms with E-state index >= 15 is 0 Å². The molecule has 7 heteroatoms. The Bertz CT molecular complexity index is 661. The van der Waals surface area contributed by atoms with Gasteiger partial charge in [0.05, 0.1) is 5.39 Å². The Kier molecular flexibility index (Phi) is 3.67. The van der Waals surface area contributed by atoms with Crippen molar-refractivity contribution >= 4 is 39.7 Å². The van der Waals surface area contributed by atoms with E-state index in [1.807, 2.05) is 19.0 Å². The maximum absolute atomic E-state index is 10.8. The predicted octanol–water partition coefficient (Wildman–Crippen LogP) is 1.34. The number of hydrogen-bond donors (Lipinski definition) is 0. The van der Waals surface area contributed by atoms with Crippen molar-refractivity contribution in [3.63, 3.8) is 0 Å². The van der Waals surface area contributed by atoms with Crippen molar-refractivity contribution in [2.45, 2.75) is 6.92 Å². The van der Waals surface area contributed by atoms with E-state index in [4.69, 9.17) is 9.97 Å². The zero-order chi connectivity index (χ0) is 15.0. The molecule has 0 atom stereocenters. The molecule has 0 spiro atoms. The highest BCUT2D eigenvalue weighted by Gasteiger charge is 2.21. The van der Waals surface area contributed by atoms with Crippen LogP contribution in [0.5, 0.6) is 0 Å². The minimum absolute atomic E-state index is 0.728. The summed E-state index contributed by atoms with van der Waals surface area (Å²) >= 11 is 1.66. The molecule has 0 aromatic carbocycles. The van der Waals surface area contributed by atoms with Gasteiger partial charge in [0.15, 0.2) is 0 Å². The summed E-state index contributed by atoms with van der Waals surface area (Å²) < 4.78 is 0. The molecule has 0 unspecified atom stereocenters. The summed E-state index contributed by atoms with van der Waals surface area (Å²) in [6, 6.07) is 0. The standard InChI is InChI=1S/C14H19N5OS/c1-10-8-21-13-11(10)12(17(2)3)15-14(16-13)19-6-4-18(9-20)5-7-19/h8-9H,4-7H2,1-3H3. The molecule has 3 rings (SSSR count). The highest BCUT2D eigenvalue weighted by molar-refractivity contribution is 7.17. The molecule has 3 heterocycles. The van der Waals surface area contributed by atoms with Gasteiger partial charge in [-0.15, -0.1) is 11.3 Å². The Balaban J connectivity index is 1.98. The summed E-state index contributed by atoms with van der Waals surface area (Å²) in [6.45, 7) is 5.11. The van der Waals surface area contributed by atoms with Gasteiger partial charge in [-0.25, -0.2) is 4.98 Å². The molecule has 2 aromatic heterocycles. The molecule has 1 saturated heterocycles. The quantitative estimate of drug-likeness (QED) is 0.801. The molecule has 21 heavy (non-hydrogen) atoms. The number of thiophene rings is 1. The van der Waals surface area contributed by atoms with E-state index in [9.17, 15) is 4.79 Å². The fourth-order valence-electron chi connectivity index (χ4n) is 2.54. The molecule has 0 saturated carbocycles. The largest absolute Gasteiger partial charge is 0.362 e. The van der Waals surface area contributed by atoms with E-state index in [-0.39, 0.29) is 0 Å². The van der Waals surface area contributed by atoms with Crippen molar-refractivity contribution in [1.29, 1.82) is 0 Å². The van der Waals surface area contributed by atoms with Crippen LogP contribution in [-0.2, 0) is 4.79 Å². The SMILES string of the molecule is Cc1csc2nc(N3CCN(C=O)CC3)nc(N(C)C)c12. The minimum atomic E-state index is 0.728. The summed E-state index contributed by atoms with van der Waals surface area (Å²) in [5.41, 5.74) is 1.22. The zero-order valence-electron chi connectivity index (χ0n) is 12.5. The first-order chi connectivity index (χ1) is 10.1. The molecule has 112 valence electrons. The second-order valence-corrected chi connectivity index (χ2v) is 6.33. The number of fused-ring (bicyclic) bond motifs is 1. The number of anilines is 2. The molecule has 1 aliphatic heterocycles. The Morgan fingerprint density at radius 2 is 1.95 bits per heavy atom. The van der Waals surface area contributed by atoms with Gasteiger partial charge >= 0.3 is 0 Å². The van der Waals surface area contributed by atoms with Crippen molar-refractivity contribution in [1.82, 2.24) is 14.9 Å². The molecule has 1 aliphatic rings. The van der Waals surface area contributed by atoms with Crippen LogP contribution in [0, 0.1) is 6.92 Å². The molecule has 6 nitrogen and oxygen atoms in total. The fraction of sp³-hybridized carbons (Fsp3) is 0.500. The van der Waals surface area contributed by atoms with Crippen LogP contribution in [0.15, 0.2) is 5.38 Å². The Labute approximate surface area is 128 Å². The molecule has 2 aromatic rings. The van der Waals surface area contributed by atoms with Gasteiger partial charge in [-0.1, -0.05) is 0 Å². The van der Waals surface area contributed by atoms with Gasteiger partial charge in [0.2, 0.25) is 12.4 Å². The number of aromatic nitrogens is 2. The smallest absolute Gasteiger partial charge is 0.228 e. The third kappa shape index (κ3) is 2.53. The number of nitrogens with zero attached hydrogens (tertiary/aromatic N) is 5. The molecule has 1 fully saturated rings. The summed E-state index contributed by atoms with van der Waals surface area (Å²) in [5.74, 6) is 1.73. The molecule has 0 aliphatic carbocycles. The molecule has 1 amide bonds. The average Bonchev–Trinajstić information content (AvgIpc) is 2.88. The van der Waals surface area contributed by atoms with Gasteiger partial charge in [0.25, 0.3) is 0 Å². The van der Waals surface area contributed by atoms with Gasteiger partial charge in [-0.05, 0) is 17.9 Å². The van der Waals surface area contributed by atoms with Gasteiger partial charge < -0.3 is 14.7 Å². The molecule has 0 bridgehead atoms. The van der Waals surface area contributed by atoms with Gasteiger partial charge in [0, 0.05) is 40.3 Å². The van der Waals surface area contributed by atoms with Crippen molar-refractivity contribution in [3.05, 3.63) is 10.9 Å². The van der Waals surface area contributed by atoms with E-state index in [2.05, 4.69) is 17.2 Å². The van der Waals surface area contributed by atoms with Crippen molar-refractivity contribution in [2.24, 2.45) is 0 Å². The topological polar surface area (TPSA) is 52.6 Å².